The van der Waals surface area contributed by atoms with Crippen LogP contribution in [0.1, 0.15) is 28.9 Å². The molecule has 0 spiro atoms. The van der Waals surface area contributed by atoms with Gasteiger partial charge in [-0.15, -0.1) is 11.3 Å². The highest BCUT2D eigenvalue weighted by Crippen LogP contribution is 2.27. The quantitative estimate of drug-likeness (QED) is 0.562. The van der Waals surface area contributed by atoms with Gasteiger partial charge in [-0.05, 0) is 48.9 Å². The van der Waals surface area contributed by atoms with Crippen molar-refractivity contribution in [1.82, 2.24) is 9.88 Å². The molecule has 7 nitrogen and oxygen atoms in total. The van der Waals surface area contributed by atoms with Gasteiger partial charge in [0.15, 0.2) is 5.13 Å². The van der Waals surface area contributed by atoms with Crippen molar-refractivity contribution in [2.75, 3.05) is 24.9 Å². The van der Waals surface area contributed by atoms with Crippen molar-refractivity contribution < 1.29 is 17.9 Å². The molecule has 1 aliphatic heterocycles. The van der Waals surface area contributed by atoms with Crippen LogP contribution in [0.15, 0.2) is 64.9 Å². The molecule has 32 heavy (non-hydrogen) atoms. The summed E-state index contributed by atoms with van der Waals surface area (Å²) in [6, 6.07) is 16.0. The molecule has 1 fully saturated rings. The summed E-state index contributed by atoms with van der Waals surface area (Å²) in [7, 11) is -2.07. The summed E-state index contributed by atoms with van der Waals surface area (Å²) in [5.41, 5.74) is 1.40. The van der Waals surface area contributed by atoms with Crippen molar-refractivity contribution in [3.05, 3.63) is 71.2 Å². The Kier molecular flexibility index (Phi) is 6.76. The summed E-state index contributed by atoms with van der Waals surface area (Å²) in [6.45, 7) is 1.31. The van der Waals surface area contributed by atoms with E-state index in [9.17, 15) is 13.2 Å². The van der Waals surface area contributed by atoms with Crippen LogP contribution in [0.5, 0.6) is 5.75 Å². The smallest absolute Gasteiger partial charge is 0.273 e. The molecule has 1 aromatic heterocycles. The van der Waals surface area contributed by atoms with E-state index in [4.69, 9.17) is 4.74 Å². The number of carbonyl (C=O) groups is 1. The Morgan fingerprint density at radius 3 is 2.72 bits per heavy atom. The number of para-hydroxylation sites is 1. The number of benzene rings is 2. The largest absolute Gasteiger partial charge is 0.496 e. The number of hydrogen-bond acceptors (Lipinski definition) is 6. The number of aromatic nitrogens is 1. The predicted octanol–water partition coefficient (Wildman–Crippen LogP) is 4.05. The molecule has 2 heterocycles. The number of anilines is 1. The van der Waals surface area contributed by atoms with E-state index < -0.39 is 10.0 Å². The van der Waals surface area contributed by atoms with Crippen molar-refractivity contribution in [2.24, 2.45) is 5.92 Å². The van der Waals surface area contributed by atoms with E-state index in [-0.39, 0.29) is 21.6 Å². The third-order valence-corrected chi connectivity index (χ3v) is 7.75. The van der Waals surface area contributed by atoms with Crippen LogP contribution in [0.2, 0.25) is 0 Å². The first kappa shape index (κ1) is 22.3. The lowest BCUT2D eigenvalue weighted by molar-refractivity contribution is 0.0668. The third kappa shape index (κ3) is 5.11. The molecule has 1 N–H and O–H groups in total. The van der Waals surface area contributed by atoms with Gasteiger partial charge in [-0.1, -0.05) is 36.4 Å². The van der Waals surface area contributed by atoms with Crippen LogP contribution in [-0.4, -0.2) is 44.4 Å². The lowest BCUT2D eigenvalue weighted by atomic mass is 9.91. The van der Waals surface area contributed by atoms with Crippen molar-refractivity contribution in [1.29, 1.82) is 0 Å². The van der Waals surface area contributed by atoms with Crippen LogP contribution in [-0.2, 0) is 16.4 Å². The van der Waals surface area contributed by atoms with Gasteiger partial charge in [0.2, 0.25) is 0 Å². The minimum atomic E-state index is -3.74. The summed E-state index contributed by atoms with van der Waals surface area (Å²) < 4.78 is 32.9. The average Bonchev–Trinajstić information content (AvgIpc) is 3.27. The Morgan fingerprint density at radius 1 is 1.19 bits per heavy atom. The van der Waals surface area contributed by atoms with Gasteiger partial charge >= 0.3 is 0 Å². The number of carbonyl (C=O) groups excluding carboxylic acids is 1. The molecule has 1 amide bonds. The van der Waals surface area contributed by atoms with E-state index in [2.05, 4.69) is 15.8 Å². The van der Waals surface area contributed by atoms with Crippen molar-refractivity contribution in [3.8, 4) is 5.75 Å². The lowest BCUT2D eigenvalue weighted by Crippen LogP contribution is -2.40. The van der Waals surface area contributed by atoms with Crippen LogP contribution < -0.4 is 9.46 Å². The topological polar surface area (TPSA) is 88.6 Å². The summed E-state index contributed by atoms with van der Waals surface area (Å²) in [5.74, 6) is 1.03. The van der Waals surface area contributed by atoms with E-state index in [0.717, 1.165) is 41.9 Å². The Balaban J connectivity index is 1.42. The van der Waals surface area contributed by atoms with E-state index in [1.807, 2.05) is 23.1 Å². The zero-order chi connectivity index (χ0) is 22.6. The molecule has 4 rings (SSSR count). The first-order valence-corrected chi connectivity index (χ1v) is 12.8. The summed E-state index contributed by atoms with van der Waals surface area (Å²) in [4.78, 5) is 19.3. The third-order valence-electron chi connectivity index (χ3n) is 5.51. The molecule has 3 aromatic rings. The molecular weight excluding hydrogens is 446 g/mol. The van der Waals surface area contributed by atoms with Gasteiger partial charge in [0, 0.05) is 18.5 Å². The zero-order valence-electron chi connectivity index (χ0n) is 17.7. The molecule has 1 unspecified atom stereocenters. The standard InChI is InChI=1S/C23H25N3O4S2/c1-30-21-12-6-5-9-18(21)14-17-8-7-13-26(15-17)22(27)20-16-31-23(24-20)25-32(28,29)19-10-3-2-4-11-19/h2-6,9-12,16-17H,7-8,13-15H2,1H3,(H,24,25). The van der Waals surface area contributed by atoms with Crippen LogP contribution >= 0.6 is 11.3 Å². The van der Waals surface area contributed by atoms with E-state index in [0.29, 0.717) is 19.0 Å². The highest BCUT2D eigenvalue weighted by Gasteiger charge is 2.27. The molecule has 9 heteroatoms. The predicted molar refractivity (Wildman–Crippen MR) is 125 cm³/mol. The molecule has 1 saturated heterocycles. The number of methoxy groups -OCH3 is 1. The monoisotopic (exact) mass is 471 g/mol. The Bertz CT molecular complexity index is 1180. The summed E-state index contributed by atoms with van der Waals surface area (Å²) in [5, 5.41) is 1.79. The minimum absolute atomic E-state index is 0.151. The second-order valence-corrected chi connectivity index (χ2v) is 10.3. The normalized spacial score (nSPS) is 16.5. The fourth-order valence-electron chi connectivity index (χ4n) is 3.95. The molecule has 0 saturated carbocycles. The number of amides is 1. The van der Waals surface area contributed by atoms with Crippen LogP contribution in [0.3, 0.4) is 0 Å². The SMILES string of the molecule is COc1ccccc1CC1CCCN(C(=O)c2csc(NS(=O)(=O)c3ccccc3)n2)C1. The number of rotatable bonds is 7. The zero-order valence-corrected chi connectivity index (χ0v) is 19.4. The molecular formula is C23H25N3O4S2. The molecule has 1 aliphatic rings. The van der Waals surface area contributed by atoms with Crippen LogP contribution in [0, 0.1) is 5.92 Å². The molecule has 1 atom stereocenters. The summed E-state index contributed by atoms with van der Waals surface area (Å²) >= 11 is 1.11. The van der Waals surface area contributed by atoms with Gasteiger partial charge < -0.3 is 9.64 Å². The molecule has 0 radical (unpaired) electrons. The number of nitrogens with zero attached hydrogens (tertiary/aromatic N) is 2. The van der Waals surface area contributed by atoms with Crippen LogP contribution in [0.4, 0.5) is 5.13 Å². The Labute approximate surface area is 192 Å². The van der Waals surface area contributed by atoms with Gasteiger partial charge in [0.1, 0.15) is 11.4 Å². The first-order valence-electron chi connectivity index (χ1n) is 10.4. The number of piperidine rings is 1. The maximum absolute atomic E-state index is 13.0. The van der Waals surface area contributed by atoms with Crippen molar-refractivity contribution in [2.45, 2.75) is 24.2 Å². The number of thiazole rings is 1. The van der Waals surface area contributed by atoms with E-state index in [1.165, 1.54) is 12.1 Å². The second kappa shape index (κ2) is 9.70. The maximum Gasteiger partial charge on any atom is 0.273 e. The van der Waals surface area contributed by atoms with Gasteiger partial charge in [0.25, 0.3) is 15.9 Å². The van der Waals surface area contributed by atoms with E-state index >= 15 is 0 Å². The highest BCUT2D eigenvalue weighted by atomic mass is 32.2. The van der Waals surface area contributed by atoms with Gasteiger partial charge in [0.05, 0.1) is 12.0 Å². The van der Waals surface area contributed by atoms with E-state index in [1.54, 1.807) is 30.7 Å². The van der Waals surface area contributed by atoms with Crippen LogP contribution in [0.25, 0.3) is 0 Å². The van der Waals surface area contributed by atoms with Crippen molar-refractivity contribution >= 4 is 32.4 Å². The molecule has 0 bridgehead atoms. The second-order valence-electron chi connectivity index (χ2n) is 7.73. The molecule has 168 valence electrons. The molecule has 0 aliphatic carbocycles. The maximum atomic E-state index is 13.0. The first-order chi connectivity index (χ1) is 15.5. The number of nitrogens with one attached hydrogen (secondary N) is 1. The fourth-order valence-corrected chi connectivity index (χ4v) is 5.91. The van der Waals surface area contributed by atoms with Gasteiger partial charge in [-0.2, -0.15) is 0 Å². The lowest BCUT2D eigenvalue weighted by Gasteiger charge is -2.32. The minimum Gasteiger partial charge on any atom is -0.496 e. The number of ether oxygens (including phenoxy) is 1. The number of hydrogen-bond donors (Lipinski definition) is 1. The van der Waals surface area contributed by atoms with Gasteiger partial charge in [-0.3, -0.25) is 9.52 Å². The Morgan fingerprint density at radius 2 is 1.94 bits per heavy atom. The summed E-state index contributed by atoms with van der Waals surface area (Å²) in [6.07, 6.45) is 2.80. The Hall–Kier alpha value is -2.91. The molecule has 2 aromatic carbocycles. The number of likely N-dealkylation sites (tertiary alicyclic amines) is 1. The van der Waals surface area contributed by atoms with Crippen molar-refractivity contribution in [3.63, 3.8) is 0 Å². The average molecular weight is 472 g/mol. The fraction of sp³-hybridized carbons (Fsp3) is 0.304. The highest BCUT2D eigenvalue weighted by molar-refractivity contribution is 7.93. The number of sulfonamides is 1. The van der Waals surface area contributed by atoms with Gasteiger partial charge in [-0.25, -0.2) is 13.4 Å².